The second-order valence-corrected chi connectivity index (χ2v) is 3.89. The number of rotatable bonds is 5. The van der Waals surface area contributed by atoms with Crippen molar-refractivity contribution in [3.05, 3.63) is 18.0 Å². The Morgan fingerprint density at radius 2 is 2.18 bits per heavy atom. The van der Waals surface area contributed by atoms with Crippen LogP contribution in [0.15, 0.2) is 12.3 Å². The van der Waals surface area contributed by atoms with Gasteiger partial charge in [0.05, 0.1) is 0 Å². The first kappa shape index (κ1) is 13.4. The smallest absolute Gasteiger partial charge is 0.241 e. The Kier molecular flexibility index (Phi) is 5.41. The Morgan fingerprint density at radius 1 is 1.47 bits per heavy atom. The monoisotopic (exact) mass is 255 g/mol. The standard InChI is InChI=1S/C10H17N5OS/c1-8-3-4-14-15(8)7-9(16)12-5-6-13-10(17)11-2/h3-4H,5-7H2,1-2H3,(H,12,16)(H2,11,13,17). The van der Waals surface area contributed by atoms with E-state index in [0.29, 0.717) is 18.2 Å². The van der Waals surface area contributed by atoms with Crippen LogP contribution in [0.25, 0.3) is 0 Å². The van der Waals surface area contributed by atoms with Crippen molar-refractivity contribution in [1.82, 2.24) is 25.7 Å². The summed E-state index contributed by atoms with van der Waals surface area (Å²) in [4.78, 5) is 11.5. The number of hydrogen-bond acceptors (Lipinski definition) is 3. The molecule has 0 aliphatic rings. The van der Waals surface area contributed by atoms with Crippen molar-refractivity contribution in [3.63, 3.8) is 0 Å². The first-order valence-corrected chi connectivity index (χ1v) is 5.75. The third kappa shape index (κ3) is 4.81. The van der Waals surface area contributed by atoms with Gasteiger partial charge < -0.3 is 16.0 Å². The summed E-state index contributed by atoms with van der Waals surface area (Å²) in [6.07, 6.45) is 1.68. The van der Waals surface area contributed by atoms with E-state index < -0.39 is 0 Å². The molecular formula is C10H17N5OS. The van der Waals surface area contributed by atoms with Crippen molar-refractivity contribution in [2.45, 2.75) is 13.5 Å². The van der Waals surface area contributed by atoms with Crippen LogP contribution in [-0.2, 0) is 11.3 Å². The van der Waals surface area contributed by atoms with Gasteiger partial charge in [-0.25, -0.2) is 0 Å². The van der Waals surface area contributed by atoms with Crippen LogP contribution in [0.3, 0.4) is 0 Å². The summed E-state index contributed by atoms with van der Waals surface area (Å²) < 4.78 is 1.65. The third-order valence-electron chi connectivity index (χ3n) is 2.18. The van der Waals surface area contributed by atoms with Crippen LogP contribution < -0.4 is 16.0 Å². The lowest BCUT2D eigenvalue weighted by Crippen LogP contribution is -2.39. The van der Waals surface area contributed by atoms with Crippen LogP contribution >= 0.6 is 12.2 Å². The SMILES string of the molecule is CNC(=S)NCCNC(=O)Cn1nccc1C. The van der Waals surface area contributed by atoms with E-state index in [2.05, 4.69) is 21.0 Å². The summed E-state index contributed by atoms with van der Waals surface area (Å²) in [5.74, 6) is -0.0611. The molecule has 1 heterocycles. The maximum Gasteiger partial charge on any atom is 0.241 e. The van der Waals surface area contributed by atoms with E-state index in [0.717, 1.165) is 5.69 Å². The van der Waals surface area contributed by atoms with Gasteiger partial charge >= 0.3 is 0 Å². The minimum Gasteiger partial charge on any atom is -0.366 e. The number of nitrogens with one attached hydrogen (secondary N) is 3. The van der Waals surface area contributed by atoms with Gasteiger partial charge in [0.1, 0.15) is 6.54 Å². The molecule has 1 aromatic heterocycles. The zero-order chi connectivity index (χ0) is 12.7. The number of thiocarbonyl (C=S) groups is 1. The minimum atomic E-state index is -0.0611. The predicted molar refractivity (Wildman–Crippen MR) is 69.6 cm³/mol. The lowest BCUT2D eigenvalue weighted by molar-refractivity contribution is -0.121. The Hall–Kier alpha value is -1.63. The Labute approximate surface area is 106 Å². The summed E-state index contributed by atoms with van der Waals surface area (Å²) >= 11 is 4.90. The highest BCUT2D eigenvalue weighted by molar-refractivity contribution is 7.80. The van der Waals surface area contributed by atoms with E-state index in [-0.39, 0.29) is 12.5 Å². The van der Waals surface area contributed by atoms with Crippen molar-refractivity contribution in [3.8, 4) is 0 Å². The van der Waals surface area contributed by atoms with E-state index in [1.54, 1.807) is 17.9 Å². The van der Waals surface area contributed by atoms with Gasteiger partial charge in [-0.1, -0.05) is 0 Å². The highest BCUT2D eigenvalue weighted by Crippen LogP contribution is 1.94. The first-order valence-electron chi connectivity index (χ1n) is 5.34. The summed E-state index contributed by atoms with van der Waals surface area (Å²) in [6, 6.07) is 1.86. The van der Waals surface area contributed by atoms with E-state index in [1.165, 1.54) is 0 Å². The average Bonchev–Trinajstić information content (AvgIpc) is 2.70. The van der Waals surface area contributed by atoms with Crippen molar-refractivity contribution in [2.24, 2.45) is 0 Å². The normalized spacial score (nSPS) is 9.76. The zero-order valence-corrected chi connectivity index (χ0v) is 10.8. The molecule has 0 bridgehead atoms. The van der Waals surface area contributed by atoms with Crippen LogP contribution in [0, 0.1) is 6.92 Å². The summed E-state index contributed by atoms with van der Waals surface area (Å²) in [7, 11) is 1.74. The molecule has 0 aliphatic carbocycles. The van der Waals surface area contributed by atoms with Crippen molar-refractivity contribution >= 4 is 23.2 Å². The molecule has 0 radical (unpaired) electrons. The molecular weight excluding hydrogens is 238 g/mol. The van der Waals surface area contributed by atoms with Gasteiger partial charge in [-0.15, -0.1) is 0 Å². The summed E-state index contributed by atoms with van der Waals surface area (Å²) in [6.45, 7) is 3.28. The van der Waals surface area contributed by atoms with Gasteiger partial charge in [0.15, 0.2) is 5.11 Å². The quantitative estimate of drug-likeness (QED) is 0.484. The molecule has 7 heteroatoms. The predicted octanol–water partition coefficient (Wildman–Crippen LogP) is -0.598. The fraction of sp³-hybridized carbons (Fsp3) is 0.500. The largest absolute Gasteiger partial charge is 0.366 e. The second kappa shape index (κ2) is 6.85. The Morgan fingerprint density at radius 3 is 2.76 bits per heavy atom. The maximum atomic E-state index is 11.5. The van der Waals surface area contributed by atoms with Crippen molar-refractivity contribution in [2.75, 3.05) is 20.1 Å². The fourth-order valence-electron chi connectivity index (χ4n) is 1.22. The summed E-state index contributed by atoms with van der Waals surface area (Å²) in [5.41, 5.74) is 0.967. The molecule has 1 aromatic rings. The van der Waals surface area contributed by atoms with Gasteiger partial charge in [-0.3, -0.25) is 9.48 Å². The zero-order valence-electron chi connectivity index (χ0n) is 9.99. The van der Waals surface area contributed by atoms with Crippen LogP contribution in [0.2, 0.25) is 0 Å². The van der Waals surface area contributed by atoms with Crippen LogP contribution in [-0.4, -0.2) is 40.9 Å². The molecule has 0 unspecified atom stereocenters. The molecule has 6 nitrogen and oxygen atoms in total. The number of nitrogens with zero attached hydrogens (tertiary/aromatic N) is 2. The van der Waals surface area contributed by atoms with E-state index in [9.17, 15) is 4.79 Å². The minimum absolute atomic E-state index is 0.0611. The number of carbonyl (C=O) groups is 1. The van der Waals surface area contributed by atoms with Gasteiger partial charge in [0.2, 0.25) is 5.91 Å². The third-order valence-corrected chi connectivity index (χ3v) is 2.53. The fourth-order valence-corrected chi connectivity index (χ4v) is 1.32. The Bertz CT molecular complexity index is 390. The lowest BCUT2D eigenvalue weighted by atomic mass is 10.4. The molecule has 0 saturated carbocycles. The maximum absolute atomic E-state index is 11.5. The molecule has 0 aliphatic heterocycles. The molecule has 0 atom stereocenters. The molecule has 17 heavy (non-hydrogen) atoms. The summed E-state index contributed by atoms with van der Waals surface area (Å²) in [5, 5.41) is 13.1. The molecule has 3 N–H and O–H groups in total. The molecule has 0 fully saturated rings. The van der Waals surface area contributed by atoms with Crippen LogP contribution in [0.1, 0.15) is 5.69 Å². The highest BCUT2D eigenvalue weighted by atomic mass is 32.1. The molecule has 0 spiro atoms. The first-order chi connectivity index (χ1) is 8.13. The number of amides is 1. The number of hydrogen-bond donors (Lipinski definition) is 3. The number of aromatic nitrogens is 2. The van der Waals surface area contributed by atoms with E-state index in [4.69, 9.17) is 12.2 Å². The molecule has 1 rings (SSSR count). The van der Waals surface area contributed by atoms with Crippen molar-refractivity contribution in [1.29, 1.82) is 0 Å². The van der Waals surface area contributed by atoms with Gasteiger partial charge in [-0.2, -0.15) is 5.10 Å². The molecule has 0 aromatic carbocycles. The lowest BCUT2D eigenvalue weighted by Gasteiger charge is -2.09. The molecule has 1 amide bonds. The molecule has 94 valence electrons. The Balaban J connectivity index is 2.18. The van der Waals surface area contributed by atoms with Crippen molar-refractivity contribution < 1.29 is 4.79 Å². The van der Waals surface area contributed by atoms with Crippen LogP contribution in [0.4, 0.5) is 0 Å². The number of carbonyl (C=O) groups excluding carboxylic acids is 1. The van der Waals surface area contributed by atoms with E-state index in [1.807, 2.05) is 13.0 Å². The second-order valence-electron chi connectivity index (χ2n) is 3.49. The average molecular weight is 255 g/mol. The topological polar surface area (TPSA) is 71.0 Å². The van der Waals surface area contributed by atoms with E-state index >= 15 is 0 Å². The van der Waals surface area contributed by atoms with Gasteiger partial charge in [0, 0.05) is 32.0 Å². The highest BCUT2D eigenvalue weighted by Gasteiger charge is 2.04. The van der Waals surface area contributed by atoms with Gasteiger partial charge in [0.25, 0.3) is 0 Å². The van der Waals surface area contributed by atoms with Gasteiger partial charge in [-0.05, 0) is 25.2 Å². The molecule has 0 saturated heterocycles. The van der Waals surface area contributed by atoms with Crippen LogP contribution in [0.5, 0.6) is 0 Å². The number of aryl methyl sites for hydroxylation is 1.